The first-order valence-electron chi connectivity index (χ1n) is 7.89. The second-order valence-corrected chi connectivity index (χ2v) is 6.81. The van der Waals surface area contributed by atoms with Crippen LogP contribution in [-0.4, -0.2) is 32.1 Å². The van der Waals surface area contributed by atoms with E-state index < -0.39 is 35.6 Å². The van der Waals surface area contributed by atoms with Crippen molar-refractivity contribution in [2.75, 3.05) is 19.5 Å². The molecule has 9 nitrogen and oxygen atoms in total. The second-order valence-electron chi connectivity index (χ2n) is 5.89. The molecule has 1 aromatic carbocycles. The van der Waals surface area contributed by atoms with Gasteiger partial charge in [0.2, 0.25) is 11.8 Å². The fourth-order valence-electron chi connectivity index (χ4n) is 3.36. The Morgan fingerprint density at radius 3 is 2.68 bits per heavy atom. The number of nitrogens with two attached hydrogens (primary N) is 1. The Morgan fingerprint density at radius 1 is 1.36 bits per heavy atom. The number of carbonyl (C=O) groups is 3. The average Bonchev–Trinajstić information content (AvgIpc) is 2.93. The number of nitrogens with zero attached hydrogens (tertiary/aromatic N) is 1. The van der Waals surface area contributed by atoms with Crippen LogP contribution in [0, 0.1) is 11.3 Å². The number of hydrogen-bond donors (Lipinski definition) is 2. The van der Waals surface area contributed by atoms with Crippen molar-refractivity contribution in [3.63, 3.8) is 0 Å². The average molecular weight is 448 g/mol. The monoisotopic (exact) mass is 447 g/mol. The highest BCUT2D eigenvalue weighted by Crippen LogP contribution is 2.52. The molecule has 0 radical (unpaired) electrons. The van der Waals surface area contributed by atoms with Gasteiger partial charge in [0, 0.05) is 15.7 Å². The minimum absolute atomic E-state index is 0.224. The summed E-state index contributed by atoms with van der Waals surface area (Å²) in [5, 5.41) is 12.4. The molecule has 0 saturated carbocycles. The first-order valence-corrected chi connectivity index (χ1v) is 8.68. The Morgan fingerprint density at radius 2 is 2.07 bits per heavy atom. The molecule has 1 spiro atoms. The third kappa shape index (κ3) is 2.63. The van der Waals surface area contributed by atoms with Gasteiger partial charge in [0.25, 0.3) is 0 Å². The number of benzene rings is 1. The fourth-order valence-corrected chi connectivity index (χ4v) is 3.72. The lowest BCUT2D eigenvalue weighted by molar-refractivity contribution is -0.141. The number of nitrogens with one attached hydrogen (secondary N) is 1. The quantitative estimate of drug-likeness (QED) is 0.661. The molecule has 1 aromatic rings. The van der Waals surface area contributed by atoms with Gasteiger partial charge in [-0.05, 0) is 18.2 Å². The van der Waals surface area contributed by atoms with Crippen molar-refractivity contribution in [1.82, 2.24) is 0 Å². The van der Waals surface area contributed by atoms with Crippen LogP contribution in [0.15, 0.2) is 45.5 Å². The molecule has 0 fully saturated rings. The maximum atomic E-state index is 13.2. The largest absolute Gasteiger partial charge is 0.469 e. The lowest BCUT2D eigenvalue weighted by Gasteiger charge is -2.34. The maximum absolute atomic E-state index is 13.2. The zero-order chi connectivity index (χ0) is 20.6. The van der Waals surface area contributed by atoms with Crippen LogP contribution >= 0.6 is 15.9 Å². The number of anilines is 1. The van der Waals surface area contributed by atoms with Crippen LogP contribution in [0.1, 0.15) is 12.0 Å². The maximum Gasteiger partial charge on any atom is 0.339 e. The van der Waals surface area contributed by atoms with E-state index in [0.29, 0.717) is 15.7 Å². The van der Waals surface area contributed by atoms with Crippen molar-refractivity contribution in [2.24, 2.45) is 5.73 Å². The smallest absolute Gasteiger partial charge is 0.339 e. The SMILES string of the molecule is COC(=O)CC1=C(C(=O)OC)[C@]2(C(=O)Nc3ccc(Br)cc32)C(C#N)=C(N)O1. The molecule has 0 bridgehead atoms. The van der Waals surface area contributed by atoms with Crippen LogP contribution in [0.25, 0.3) is 0 Å². The Balaban J connectivity index is 2.43. The highest BCUT2D eigenvalue weighted by atomic mass is 79.9. The highest BCUT2D eigenvalue weighted by molar-refractivity contribution is 9.10. The van der Waals surface area contributed by atoms with Gasteiger partial charge < -0.3 is 25.3 Å². The van der Waals surface area contributed by atoms with Gasteiger partial charge in [-0.15, -0.1) is 0 Å². The standard InChI is InChI=1S/C18H14BrN3O6/c1-26-13(23)6-12-14(16(24)27-2)18(10(7-20)15(21)28-12)9-5-8(19)3-4-11(9)22-17(18)25/h3-5H,6,21H2,1-2H3,(H,22,25)/t18-/m1/s1. The number of carbonyl (C=O) groups excluding carboxylic acids is 3. The molecular formula is C18H14BrN3O6. The molecule has 10 heteroatoms. The number of rotatable bonds is 3. The third-order valence-electron chi connectivity index (χ3n) is 4.52. The van der Waals surface area contributed by atoms with Gasteiger partial charge in [0.05, 0.1) is 14.2 Å². The summed E-state index contributed by atoms with van der Waals surface area (Å²) in [6.45, 7) is 0. The van der Waals surface area contributed by atoms with Crippen LogP contribution in [0.3, 0.4) is 0 Å². The molecule has 3 N–H and O–H groups in total. The second kappa shape index (κ2) is 7.01. The van der Waals surface area contributed by atoms with Crippen LogP contribution in [-0.2, 0) is 34.0 Å². The van der Waals surface area contributed by atoms with Crippen LogP contribution in [0.5, 0.6) is 0 Å². The summed E-state index contributed by atoms with van der Waals surface area (Å²) in [6, 6.07) is 6.76. The van der Waals surface area contributed by atoms with E-state index in [1.807, 2.05) is 6.07 Å². The Kier molecular flexibility index (Phi) is 4.87. The molecule has 28 heavy (non-hydrogen) atoms. The highest BCUT2D eigenvalue weighted by Gasteiger charge is 2.60. The molecule has 0 saturated heterocycles. The van der Waals surface area contributed by atoms with Gasteiger partial charge in [-0.2, -0.15) is 5.26 Å². The minimum Gasteiger partial charge on any atom is -0.469 e. The van der Waals surface area contributed by atoms with E-state index in [0.717, 1.165) is 14.2 Å². The summed E-state index contributed by atoms with van der Waals surface area (Å²) < 4.78 is 15.5. The normalized spacial score (nSPS) is 20.3. The van der Waals surface area contributed by atoms with Crippen molar-refractivity contribution in [3.8, 4) is 6.07 Å². The van der Waals surface area contributed by atoms with Gasteiger partial charge in [-0.3, -0.25) is 9.59 Å². The van der Waals surface area contributed by atoms with Crippen molar-refractivity contribution in [2.45, 2.75) is 11.8 Å². The number of halogens is 1. The fraction of sp³-hybridized carbons (Fsp3) is 0.222. The molecule has 0 aromatic heterocycles. The summed E-state index contributed by atoms with van der Waals surface area (Å²) in [6.07, 6.45) is -0.487. The van der Waals surface area contributed by atoms with Crippen molar-refractivity contribution >= 4 is 39.5 Å². The topological polar surface area (TPSA) is 141 Å². The summed E-state index contributed by atoms with van der Waals surface area (Å²) in [5.41, 5.74) is 4.09. The number of nitriles is 1. The number of ether oxygens (including phenoxy) is 3. The van der Waals surface area contributed by atoms with Crippen molar-refractivity contribution in [3.05, 3.63) is 51.0 Å². The zero-order valence-electron chi connectivity index (χ0n) is 14.8. The van der Waals surface area contributed by atoms with Gasteiger partial charge in [-0.1, -0.05) is 15.9 Å². The van der Waals surface area contributed by atoms with Crippen molar-refractivity contribution < 1.29 is 28.6 Å². The molecule has 2 aliphatic heterocycles. The molecule has 2 heterocycles. The number of methoxy groups -OCH3 is 2. The predicted octanol–water partition coefficient (Wildman–Crippen LogP) is 1.35. The summed E-state index contributed by atoms with van der Waals surface area (Å²) >= 11 is 3.33. The summed E-state index contributed by atoms with van der Waals surface area (Å²) in [5.74, 6) is -2.98. The van der Waals surface area contributed by atoms with E-state index in [9.17, 15) is 19.6 Å². The Bertz CT molecular complexity index is 1020. The molecular weight excluding hydrogens is 434 g/mol. The molecule has 1 atom stereocenters. The molecule has 3 rings (SSSR count). The van der Waals surface area contributed by atoms with E-state index >= 15 is 0 Å². The minimum atomic E-state index is -1.92. The molecule has 2 aliphatic rings. The van der Waals surface area contributed by atoms with Gasteiger partial charge in [-0.25, -0.2) is 4.79 Å². The Labute approximate surface area is 167 Å². The van der Waals surface area contributed by atoms with E-state index in [2.05, 4.69) is 26.0 Å². The van der Waals surface area contributed by atoms with E-state index in [4.69, 9.17) is 15.2 Å². The summed E-state index contributed by atoms with van der Waals surface area (Å²) in [4.78, 5) is 37.8. The number of amides is 1. The first-order chi connectivity index (χ1) is 13.3. The van der Waals surface area contributed by atoms with E-state index in [1.54, 1.807) is 18.2 Å². The molecule has 0 aliphatic carbocycles. The zero-order valence-corrected chi connectivity index (χ0v) is 16.4. The van der Waals surface area contributed by atoms with Crippen LogP contribution in [0.2, 0.25) is 0 Å². The lowest BCUT2D eigenvalue weighted by Crippen LogP contribution is -2.46. The number of esters is 2. The molecule has 0 unspecified atom stereocenters. The van der Waals surface area contributed by atoms with E-state index in [-0.39, 0.29) is 16.9 Å². The van der Waals surface area contributed by atoms with Crippen molar-refractivity contribution in [1.29, 1.82) is 5.26 Å². The van der Waals surface area contributed by atoms with Gasteiger partial charge >= 0.3 is 11.9 Å². The number of hydrogen-bond acceptors (Lipinski definition) is 8. The van der Waals surface area contributed by atoms with E-state index in [1.165, 1.54) is 0 Å². The first kappa shape index (κ1) is 19.4. The van der Waals surface area contributed by atoms with Crippen LogP contribution < -0.4 is 11.1 Å². The molecule has 144 valence electrons. The number of fused-ring (bicyclic) bond motifs is 2. The third-order valence-corrected chi connectivity index (χ3v) is 5.01. The summed E-state index contributed by atoms with van der Waals surface area (Å²) in [7, 11) is 2.27. The predicted molar refractivity (Wildman–Crippen MR) is 98.0 cm³/mol. The van der Waals surface area contributed by atoms with Crippen LogP contribution in [0.4, 0.5) is 5.69 Å². The lowest BCUT2D eigenvalue weighted by atomic mass is 9.68. The van der Waals surface area contributed by atoms with Gasteiger partial charge in [0.1, 0.15) is 29.4 Å². The van der Waals surface area contributed by atoms with Gasteiger partial charge in [0.15, 0.2) is 5.41 Å². The Hall–Kier alpha value is -3.32. The molecule has 1 amide bonds.